The van der Waals surface area contributed by atoms with E-state index in [0.717, 1.165) is 53.4 Å². The summed E-state index contributed by atoms with van der Waals surface area (Å²) >= 11 is 0. The summed E-state index contributed by atoms with van der Waals surface area (Å²) in [6, 6.07) is -0.00856. The number of hydrogen-bond donors (Lipinski definition) is 1. The third-order valence-corrected chi connectivity index (χ3v) is 5.07. The normalized spacial score (nSPS) is 19.5. The lowest BCUT2D eigenvalue weighted by Gasteiger charge is -2.32. The molecule has 1 atom stereocenters. The van der Waals surface area contributed by atoms with E-state index in [2.05, 4.69) is 10.1 Å². The molecule has 0 aromatic heterocycles. The molecule has 0 spiro atoms. The lowest BCUT2D eigenvalue weighted by atomic mass is 9.86. The van der Waals surface area contributed by atoms with E-state index in [0.29, 0.717) is 0 Å². The van der Waals surface area contributed by atoms with Crippen molar-refractivity contribution in [3.63, 3.8) is 0 Å². The Bertz CT molecular complexity index is 762. The van der Waals surface area contributed by atoms with Crippen molar-refractivity contribution in [1.82, 2.24) is 5.32 Å². The SMILES string of the molecule is COC(=O)CC1=C(C(=O)OC)C(C(=O)OC)C(C(=O)OC)=C(NC2CCCCC2)O1. The zero-order valence-corrected chi connectivity index (χ0v) is 17.6. The first-order valence-corrected chi connectivity index (χ1v) is 9.60. The highest BCUT2D eigenvalue weighted by atomic mass is 16.6. The van der Waals surface area contributed by atoms with Gasteiger partial charge in [0.15, 0.2) is 0 Å². The van der Waals surface area contributed by atoms with Crippen LogP contribution in [-0.4, -0.2) is 58.4 Å². The van der Waals surface area contributed by atoms with Crippen molar-refractivity contribution in [3.8, 4) is 0 Å². The number of rotatable bonds is 7. The van der Waals surface area contributed by atoms with Crippen LogP contribution in [0.2, 0.25) is 0 Å². The number of ether oxygens (including phenoxy) is 5. The standard InChI is InChI=1S/C20H27NO9/c1-26-13(22)10-12-14(18(23)27-2)15(19(24)28-3)16(20(25)29-4)17(30-12)21-11-8-6-5-7-9-11/h11,15,21H,5-10H2,1-4H3. The van der Waals surface area contributed by atoms with Gasteiger partial charge in [-0.2, -0.15) is 0 Å². The van der Waals surface area contributed by atoms with Gasteiger partial charge in [0.05, 0.1) is 34.0 Å². The fourth-order valence-corrected chi connectivity index (χ4v) is 3.56. The molecule has 2 aliphatic rings. The fourth-order valence-electron chi connectivity index (χ4n) is 3.56. The third kappa shape index (κ3) is 5.11. The van der Waals surface area contributed by atoms with E-state index in [9.17, 15) is 19.2 Å². The molecular formula is C20H27NO9. The minimum atomic E-state index is -1.49. The van der Waals surface area contributed by atoms with Crippen LogP contribution in [0.4, 0.5) is 0 Å². The molecule has 10 heteroatoms. The van der Waals surface area contributed by atoms with Gasteiger partial charge in [-0.3, -0.25) is 9.59 Å². The maximum atomic E-state index is 12.7. The van der Waals surface area contributed by atoms with Crippen molar-refractivity contribution in [2.75, 3.05) is 28.4 Å². The number of esters is 4. The van der Waals surface area contributed by atoms with Gasteiger partial charge in [0.25, 0.3) is 0 Å². The summed E-state index contributed by atoms with van der Waals surface area (Å²) in [5, 5.41) is 3.14. The molecule has 2 rings (SSSR count). The van der Waals surface area contributed by atoms with Crippen LogP contribution < -0.4 is 5.32 Å². The zero-order valence-electron chi connectivity index (χ0n) is 17.6. The molecule has 1 fully saturated rings. The van der Waals surface area contributed by atoms with Crippen molar-refractivity contribution in [2.45, 2.75) is 44.6 Å². The molecular weight excluding hydrogens is 398 g/mol. The van der Waals surface area contributed by atoms with Crippen LogP contribution in [0, 0.1) is 5.92 Å². The lowest BCUT2D eigenvalue weighted by molar-refractivity contribution is -0.149. The Morgan fingerprint density at radius 2 is 1.47 bits per heavy atom. The number of nitrogens with one attached hydrogen (secondary N) is 1. The first kappa shape index (κ1) is 23.2. The average Bonchev–Trinajstić information content (AvgIpc) is 2.77. The zero-order chi connectivity index (χ0) is 22.3. The maximum Gasteiger partial charge on any atom is 0.340 e. The van der Waals surface area contributed by atoms with Crippen molar-refractivity contribution in [2.24, 2.45) is 5.92 Å². The molecule has 0 aromatic rings. The quantitative estimate of drug-likeness (QED) is 0.468. The lowest BCUT2D eigenvalue weighted by Crippen LogP contribution is -2.40. The predicted octanol–water partition coefficient (Wildman–Crippen LogP) is 1.10. The summed E-state index contributed by atoms with van der Waals surface area (Å²) in [6.45, 7) is 0. The van der Waals surface area contributed by atoms with E-state index in [1.165, 1.54) is 7.11 Å². The minimum Gasteiger partial charge on any atom is -0.469 e. The first-order valence-electron chi connectivity index (χ1n) is 9.60. The monoisotopic (exact) mass is 425 g/mol. The molecule has 10 nitrogen and oxygen atoms in total. The largest absolute Gasteiger partial charge is 0.469 e. The van der Waals surface area contributed by atoms with Crippen LogP contribution >= 0.6 is 0 Å². The molecule has 1 aliphatic carbocycles. The molecule has 1 aliphatic heterocycles. The highest BCUT2D eigenvalue weighted by Gasteiger charge is 2.46. The van der Waals surface area contributed by atoms with Crippen LogP contribution in [0.1, 0.15) is 38.5 Å². The van der Waals surface area contributed by atoms with E-state index in [4.69, 9.17) is 18.9 Å². The van der Waals surface area contributed by atoms with Gasteiger partial charge >= 0.3 is 23.9 Å². The third-order valence-electron chi connectivity index (χ3n) is 5.07. The van der Waals surface area contributed by atoms with Gasteiger partial charge in [0, 0.05) is 6.04 Å². The average molecular weight is 425 g/mol. The Balaban J connectivity index is 2.61. The molecule has 1 heterocycles. The predicted molar refractivity (Wildman–Crippen MR) is 101 cm³/mol. The molecule has 0 aromatic carbocycles. The van der Waals surface area contributed by atoms with Gasteiger partial charge in [0.2, 0.25) is 5.88 Å². The number of carbonyl (C=O) groups excluding carboxylic acids is 4. The molecule has 0 radical (unpaired) electrons. The number of methoxy groups -OCH3 is 4. The van der Waals surface area contributed by atoms with Crippen LogP contribution in [0.25, 0.3) is 0 Å². The molecule has 1 saturated carbocycles. The van der Waals surface area contributed by atoms with E-state index >= 15 is 0 Å². The van der Waals surface area contributed by atoms with Crippen molar-refractivity contribution < 1.29 is 42.9 Å². The van der Waals surface area contributed by atoms with Crippen LogP contribution in [0.15, 0.2) is 22.8 Å². The van der Waals surface area contributed by atoms with Crippen molar-refractivity contribution in [3.05, 3.63) is 22.8 Å². The second kappa shape index (κ2) is 10.7. The summed E-state index contributed by atoms with van der Waals surface area (Å²) in [5.74, 6) is -5.11. The van der Waals surface area contributed by atoms with Crippen LogP contribution in [0.3, 0.4) is 0 Å². The summed E-state index contributed by atoms with van der Waals surface area (Å²) < 4.78 is 24.9. The van der Waals surface area contributed by atoms with E-state index in [-0.39, 0.29) is 28.8 Å². The van der Waals surface area contributed by atoms with E-state index in [1.54, 1.807) is 0 Å². The highest BCUT2D eigenvalue weighted by Crippen LogP contribution is 2.37. The fraction of sp³-hybridized carbons (Fsp3) is 0.600. The summed E-state index contributed by atoms with van der Waals surface area (Å²) in [7, 11) is 4.55. The minimum absolute atomic E-state index is 0.00856. The van der Waals surface area contributed by atoms with Crippen molar-refractivity contribution >= 4 is 23.9 Å². The molecule has 30 heavy (non-hydrogen) atoms. The molecule has 0 bridgehead atoms. The topological polar surface area (TPSA) is 126 Å². The molecule has 1 N–H and O–H groups in total. The van der Waals surface area contributed by atoms with Gasteiger partial charge in [-0.1, -0.05) is 19.3 Å². The van der Waals surface area contributed by atoms with Gasteiger partial charge in [-0.25, -0.2) is 9.59 Å². The Kier molecular flexibility index (Phi) is 8.25. The Hall–Kier alpha value is -3.04. The van der Waals surface area contributed by atoms with Gasteiger partial charge < -0.3 is 29.0 Å². The van der Waals surface area contributed by atoms with Gasteiger partial charge in [-0.05, 0) is 12.8 Å². The molecule has 0 saturated heterocycles. The Morgan fingerprint density at radius 1 is 0.867 bits per heavy atom. The molecule has 0 amide bonds. The smallest absolute Gasteiger partial charge is 0.340 e. The molecule has 1 unspecified atom stereocenters. The second-order valence-electron chi connectivity index (χ2n) is 6.85. The Labute approximate surface area is 174 Å². The number of hydrogen-bond acceptors (Lipinski definition) is 10. The first-order chi connectivity index (χ1) is 14.4. The Morgan fingerprint density at radius 3 is 2.00 bits per heavy atom. The van der Waals surface area contributed by atoms with Gasteiger partial charge in [-0.15, -0.1) is 0 Å². The maximum absolute atomic E-state index is 12.7. The summed E-state index contributed by atoms with van der Waals surface area (Å²) in [4.78, 5) is 49.7. The van der Waals surface area contributed by atoms with Gasteiger partial charge in [0.1, 0.15) is 23.7 Å². The summed E-state index contributed by atoms with van der Waals surface area (Å²) in [6.07, 6.45) is 4.33. The summed E-state index contributed by atoms with van der Waals surface area (Å²) in [5.41, 5.74) is -0.534. The number of carbonyl (C=O) groups is 4. The van der Waals surface area contributed by atoms with Crippen molar-refractivity contribution in [1.29, 1.82) is 0 Å². The second-order valence-corrected chi connectivity index (χ2v) is 6.85. The van der Waals surface area contributed by atoms with Crippen LogP contribution in [0.5, 0.6) is 0 Å². The molecule has 166 valence electrons. The van der Waals surface area contributed by atoms with E-state index in [1.807, 2.05) is 0 Å². The highest BCUT2D eigenvalue weighted by molar-refractivity contribution is 6.05. The van der Waals surface area contributed by atoms with E-state index < -0.39 is 36.2 Å². The van der Waals surface area contributed by atoms with Crippen LogP contribution in [-0.2, 0) is 42.9 Å².